The number of aliphatic hydroxyl groups is 1. The Hall–Kier alpha value is -2.35. The number of hydrogen-bond acceptors (Lipinski definition) is 6. The Morgan fingerprint density at radius 1 is 0.870 bits per heavy atom. The SMILES string of the molecule is O=C1c2ccccc2C(=O)c2cc(S(=O)(=O)OCCO)ccc21. The zero-order chi connectivity index (χ0) is 16.6. The van der Waals surface area contributed by atoms with E-state index in [9.17, 15) is 18.0 Å². The lowest BCUT2D eigenvalue weighted by Crippen LogP contribution is -2.21. The summed E-state index contributed by atoms with van der Waals surface area (Å²) in [6, 6.07) is 10.1. The molecule has 0 unspecified atom stereocenters. The van der Waals surface area contributed by atoms with Crippen LogP contribution in [-0.4, -0.2) is 38.3 Å². The molecular formula is C16H12O6S. The van der Waals surface area contributed by atoms with Crippen LogP contribution in [0.25, 0.3) is 0 Å². The summed E-state index contributed by atoms with van der Waals surface area (Å²) in [6.07, 6.45) is 0. The van der Waals surface area contributed by atoms with Gasteiger partial charge in [-0.15, -0.1) is 0 Å². The van der Waals surface area contributed by atoms with Gasteiger partial charge in [0, 0.05) is 22.3 Å². The molecule has 7 heteroatoms. The number of fused-ring (bicyclic) bond motifs is 2. The lowest BCUT2D eigenvalue weighted by atomic mass is 9.84. The van der Waals surface area contributed by atoms with E-state index in [0.29, 0.717) is 5.56 Å². The second kappa shape index (κ2) is 5.69. The van der Waals surface area contributed by atoms with Crippen LogP contribution < -0.4 is 0 Å². The Labute approximate surface area is 132 Å². The summed E-state index contributed by atoms with van der Waals surface area (Å²) in [7, 11) is -4.10. The highest BCUT2D eigenvalue weighted by Gasteiger charge is 2.30. The highest BCUT2D eigenvalue weighted by Crippen LogP contribution is 2.29. The van der Waals surface area contributed by atoms with Crippen molar-refractivity contribution < 1.29 is 27.3 Å². The van der Waals surface area contributed by atoms with Crippen molar-refractivity contribution >= 4 is 21.7 Å². The van der Waals surface area contributed by atoms with Gasteiger partial charge in [0.15, 0.2) is 11.6 Å². The van der Waals surface area contributed by atoms with Crippen LogP contribution in [-0.2, 0) is 14.3 Å². The molecule has 0 saturated carbocycles. The first-order valence-corrected chi connectivity index (χ1v) is 8.19. The number of hydrogen-bond donors (Lipinski definition) is 1. The molecule has 0 aliphatic heterocycles. The lowest BCUT2D eigenvalue weighted by Gasteiger charge is -2.17. The summed E-state index contributed by atoms with van der Waals surface area (Å²) in [6.45, 7) is -0.829. The van der Waals surface area contributed by atoms with Crippen molar-refractivity contribution in [2.75, 3.05) is 13.2 Å². The minimum atomic E-state index is -4.10. The summed E-state index contributed by atoms with van der Waals surface area (Å²) in [5.41, 5.74) is 0.741. The van der Waals surface area contributed by atoms with Crippen LogP contribution in [0.3, 0.4) is 0 Å². The third-order valence-electron chi connectivity index (χ3n) is 3.52. The Balaban J connectivity index is 2.11. The largest absolute Gasteiger partial charge is 0.394 e. The third kappa shape index (κ3) is 2.59. The molecule has 0 saturated heterocycles. The standard InChI is InChI=1S/C16H12O6S/c17-7-8-22-23(20,21)10-5-6-13-14(9-10)16(19)12-4-2-1-3-11(12)15(13)18/h1-6,9,17H,7-8H2. The van der Waals surface area contributed by atoms with E-state index in [1.165, 1.54) is 18.2 Å². The highest BCUT2D eigenvalue weighted by molar-refractivity contribution is 7.86. The van der Waals surface area contributed by atoms with Crippen LogP contribution in [0, 0.1) is 0 Å². The van der Waals surface area contributed by atoms with Crippen LogP contribution in [0.2, 0.25) is 0 Å². The molecule has 1 N–H and O–H groups in total. The minimum Gasteiger partial charge on any atom is -0.394 e. The fourth-order valence-electron chi connectivity index (χ4n) is 2.45. The summed E-state index contributed by atoms with van der Waals surface area (Å²) in [5, 5.41) is 8.67. The van der Waals surface area contributed by atoms with Gasteiger partial charge in [0.05, 0.1) is 18.1 Å². The quantitative estimate of drug-likeness (QED) is 0.720. The number of rotatable bonds is 4. The van der Waals surface area contributed by atoms with Crippen molar-refractivity contribution in [2.24, 2.45) is 0 Å². The first-order chi connectivity index (χ1) is 11.0. The number of ketones is 2. The number of carbonyl (C=O) groups is 2. The Bertz CT molecular complexity index is 914. The van der Waals surface area contributed by atoms with Gasteiger partial charge < -0.3 is 5.11 Å². The molecule has 3 rings (SSSR count). The average molecular weight is 332 g/mol. The Kier molecular flexibility index (Phi) is 3.85. The van der Waals surface area contributed by atoms with E-state index < -0.39 is 22.5 Å². The summed E-state index contributed by atoms with van der Waals surface area (Å²) in [4.78, 5) is 24.7. The smallest absolute Gasteiger partial charge is 0.297 e. The second-order valence-electron chi connectivity index (χ2n) is 4.91. The predicted octanol–water partition coefficient (Wildman–Crippen LogP) is 1.16. The van der Waals surface area contributed by atoms with Crippen molar-refractivity contribution in [2.45, 2.75) is 4.90 Å². The molecule has 0 bridgehead atoms. The van der Waals surface area contributed by atoms with Gasteiger partial charge >= 0.3 is 0 Å². The van der Waals surface area contributed by atoms with Crippen LogP contribution in [0.4, 0.5) is 0 Å². The maximum atomic E-state index is 12.5. The maximum Gasteiger partial charge on any atom is 0.297 e. The van der Waals surface area contributed by atoms with E-state index in [4.69, 9.17) is 5.11 Å². The molecule has 0 aromatic heterocycles. The van der Waals surface area contributed by atoms with Crippen molar-refractivity contribution in [1.82, 2.24) is 0 Å². The molecular weight excluding hydrogens is 320 g/mol. The molecule has 0 atom stereocenters. The maximum absolute atomic E-state index is 12.5. The molecule has 0 amide bonds. The monoisotopic (exact) mass is 332 g/mol. The van der Waals surface area contributed by atoms with Crippen LogP contribution in [0.15, 0.2) is 47.4 Å². The normalized spacial score (nSPS) is 13.6. The summed E-state index contributed by atoms with van der Waals surface area (Å²) < 4.78 is 28.6. The molecule has 118 valence electrons. The Morgan fingerprint density at radius 2 is 1.43 bits per heavy atom. The fraction of sp³-hybridized carbons (Fsp3) is 0.125. The van der Waals surface area contributed by atoms with Gasteiger partial charge in [-0.25, -0.2) is 0 Å². The van der Waals surface area contributed by atoms with Crippen molar-refractivity contribution in [3.05, 3.63) is 64.7 Å². The summed E-state index contributed by atoms with van der Waals surface area (Å²) >= 11 is 0. The van der Waals surface area contributed by atoms with Crippen molar-refractivity contribution in [3.8, 4) is 0 Å². The molecule has 1 aliphatic rings. The zero-order valence-corrected chi connectivity index (χ0v) is 12.7. The molecule has 6 nitrogen and oxygen atoms in total. The molecule has 0 heterocycles. The number of aliphatic hydroxyl groups excluding tert-OH is 1. The van der Waals surface area contributed by atoms with E-state index in [2.05, 4.69) is 4.18 Å². The van der Waals surface area contributed by atoms with E-state index >= 15 is 0 Å². The molecule has 0 spiro atoms. The second-order valence-corrected chi connectivity index (χ2v) is 6.53. The van der Waals surface area contributed by atoms with Crippen LogP contribution in [0.5, 0.6) is 0 Å². The molecule has 0 fully saturated rings. The van der Waals surface area contributed by atoms with Crippen LogP contribution in [0.1, 0.15) is 31.8 Å². The third-order valence-corrected chi connectivity index (χ3v) is 4.82. The van der Waals surface area contributed by atoms with Gasteiger partial charge in [0.1, 0.15) is 0 Å². The van der Waals surface area contributed by atoms with E-state index in [1.54, 1.807) is 18.2 Å². The minimum absolute atomic E-state index is 0.0300. The predicted molar refractivity (Wildman–Crippen MR) is 80.0 cm³/mol. The number of carbonyl (C=O) groups excluding carboxylic acids is 2. The van der Waals surface area contributed by atoms with Gasteiger partial charge in [-0.05, 0) is 18.2 Å². The molecule has 23 heavy (non-hydrogen) atoms. The topological polar surface area (TPSA) is 97.7 Å². The van der Waals surface area contributed by atoms with Crippen molar-refractivity contribution in [1.29, 1.82) is 0 Å². The van der Waals surface area contributed by atoms with Crippen LogP contribution >= 0.6 is 0 Å². The van der Waals surface area contributed by atoms with Gasteiger partial charge in [-0.1, -0.05) is 24.3 Å². The zero-order valence-electron chi connectivity index (χ0n) is 11.9. The van der Waals surface area contributed by atoms with Crippen molar-refractivity contribution in [3.63, 3.8) is 0 Å². The molecule has 2 aromatic rings. The summed E-state index contributed by atoms with van der Waals surface area (Å²) in [5.74, 6) is -0.732. The van der Waals surface area contributed by atoms with E-state index in [0.717, 1.165) is 6.07 Å². The molecule has 1 aliphatic carbocycles. The van der Waals surface area contributed by atoms with Gasteiger partial charge in [-0.3, -0.25) is 13.8 Å². The molecule has 0 radical (unpaired) electrons. The highest BCUT2D eigenvalue weighted by atomic mass is 32.2. The van der Waals surface area contributed by atoms with E-state index in [1.807, 2.05) is 0 Å². The lowest BCUT2D eigenvalue weighted by molar-refractivity contribution is 0.0979. The average Bonchev–Trinajstić information content (AvgIpc) is 2.57. The fourth-order valence-corrected chi connectivity index (χ4v) is 3.38. The van der Waals surface area contributed by atoms with Gasteiger partial charge in [0.25, 0.3) is 10.1 Å². The van der Waals surface area contributed by atoms with E-state index in [-0.39, 0.29) is 34.0 Å². The molecule has 2 aromatic carbocycles. The van der Waals surface area contributed by atoms with Gasteiger partial charge in [-0.2, -0.15) is 8.42 Å². The Morgan fingerprint density at radius 3 is 2.04 bits per heavy atom. The van der Waals surface area contributed by atoms with Gasteiger partial charge in [0.2, 0.25) is 0 Å². The number of benzene rings is 2. The first kappa shape index (κ1) is 15.5. The first-order valence-electron chi connectivity index (χ1n) is 6.78.